The van der Waals surface area contributed by atoms with Crippen LogP contribution in [0.2, 0.25) is 0 Å². The SMILES string of the molecule is O=C(c1cnc(-c2ccncc2)nc1)N1CCCC2(CCNC2)C1. The van der Waals surface area contributed by atoms with Gasteiger partial charge in [-0.05, 0) is 37.9 Å². The predicted molar refractivity (Wildman–Crippen MR) is 90.3 cm³/mol. The van der Waals surface area contributed by atoms with Crippen molar-refractivity contribution >= 4 is 5.91 Å². The van der Waals surface area contributed by atoms with Crippen LogP contribution in [0.4, 0.5) is 0 Å². The van der Waals surface area contributed by atoms with E-state index in [0.717, 1.165) is 44.6 Å². The van der Waals surface area contributed by atoms with Crippen molar-refractivity contribution in [2.24, 2.45) is 5.41 Å². The Balaban J connectivity index is 1.50. The maximum atomic E-state index is 12.8. The molecule has 124 valence electrons. The van der Waals surface area contributed by atoms with Gasteiger partial charge in [0.25, 0.3) is 5.91 Å². The second-order valence-corrected chi connectivity index (χ2v) is 6.79. The summed E-state index contributed by atoms with van der Waals surface area (Å²) in [5, 5.41) is 3.44. The number of carbonyl (C=O) groups is 1. The number of hydrogen-bond acceptors (Lipinski definition) is 5. The van der Waals surface area contributed by atoms with Crippen molar-refractivity contribution in [2.75, 3.05) is 26.2 Å². The zero-order valence-corrected chi connectivity index (χ0v) is 13.6. The Morgan fingerprint density at radius 3 is 2.67 bits per heavy atom. The first-order valence-electron chi connectivity index (χ1n) is 8.48. The molecule has 1 unspecified atom stereocenters. The fraction of sp³-hybridized carbons (Fsp3) is 0.444. The molecule has 2 aliphatic rings. The predicted octanol–water partition coefficient (Wildman–Crippen LogP) is 1.75. The van der Waals surface area contributed by atoms with E-state index in [1.807, 2.05) is 17.0 Å². The van der Waals surface area contributed by atoms with E-state index in [-0.39, 0.29) is 11.3 Å². The lowest BCUT2D eigenvalue weighted by Gasteiger charge is -2.40. The van der Waals surface area contributed by atoms with Gasteiger partial charge in [0.15, 0.2) is 5.82 Å². The smallest absolute Gasteiger partial charge is 0.257 e. The lowest BCUT2D eigenvalue weighted by molar-refractivity contribution is 0.0552. The minimum absolute atomic E-state index is 0.0438. The molecule has 0 bridgehead atoms. The number of amides is 1. The van der Waals surface area contributed by atoms with Crippen LogP contribution in [0.15, 0.2) is 36.9 Å². The van der Waals surface area contributed by atoms with Gasteiger partial charge in [-0.3, -0.25) is 9.78 Å². The maximum Gasteiger partial charge on any atom is 0.257 e. The average Bonchev–Trinajstić information content (AvgIpc) is 3.09. The van der Waals surface area contributed by atoms with Crippen molar-refractivity contribution in [1.29, 1.82) is 0 Å². The van der Waals surface area contributed by atoms with Crippen molar-refractivity contribution in [3.8, 4) is 11.4 Å². The van der Waals surface area contributed by atoms with Crippen molar-refractivity contribution in [2.45, 2.75) is 19.3 Å². The normalized spacial score (nSPS) is 23.6. The van der Waals surface area contributed by atoms with E-state index in [9.17, 15) is 4.79 Å². The highest BCUT2D eigenvalue weighted by Crippen LogP contribution is 2.35. The number of piperidine rings is 1. The van der Waals surface area contributed by atoms with Gasteiger partial charge in [0.2, 0.25) is 0 Å². The van der Waals surface area contributed by atoms with E-state index < -0.39 is 0 Å². The highest BCUT2D eigenvalue weighted by Gasteiger charge is 2.39. The second kappa shape index (κ2) is 6.28. The number of rotatable bonds is 2. The molecule has 2 fully saturated rings. The van der Waals surface area contributed by atoms with E-state index in [2.05, 4.69) is 20.3 Å². The Labute approximate surface area is 141 Å². The number of aromatic nitrogens is 3. The highest BCUT2D eigenvalue weighted by atomic mass is 16.2. The number of nitrogens with zero attached hydrogens (tertiary/aromatic N) is 4. The highest BCUT2D eigenvalue weighted by molar-refractivity contribution is 5.93. The molecule has 2 aromatic heterocycles. The molecule has 6 nitrogen and oxygen atoms in total. The van der Waals surface area contributed by atoms with E-state index in [1.54, 1.807) is 24.8 Å². The summed E-state index contributed by atoms with van der Waals surface area (Å²) in [6, 6.07) is 3.72. The Morgan fingerprint density at radius 2 is 1.96 bits per heavy atom. The molecule has 1 spiro atoms. The fourth-order valence-corrected chi connectivity index (χ4v) is 3.80. The van der Waals surface area contributed by atoms with Crippen LogP contribution in [-0.2, 0) is 0 Å². The van der Waals surface area contributed by atoms with Gasteiger partial charge in [0.1, 0.15) is 0 Å². The number of carbonyl (C=O) groups excluding carboxylic acids is 1. The van der Waals surface area contributed by atoms with E-state index in [1.165, 1.54) is 6.42 Å². The summed E-state index contributed by atoms with van der Waals surface area (Å²) in [4.78, 5) is 27.5. The van der Waals surface area contributed by atoms with Crippen molar-refractivity contribution in [1.82, 2.24) is 25.2 Å². The summed E-state index contributed by atoms with van der Waals surface area (Å²) < 4.78 is 0. The molecule has 4 heterocycles. The minimum Gasteiger partial charge on any atom is -0.338 e. The molecular formula is C18H21N5O. The third kappa shape index (κ3) is 2.89. The molecule has 2 aromatic rings. The molecule has 1 atom stereocenters. The van der Waals surface area contributed by atoms with Gasteiger partial charge < -0.3 is 10.2 Å². The third-order valence-corrected chi connectivity index (χ3v) is 5.12. The number of hydrogen-bond donors (Lipinski definition) is 1. The molecule has 1 amide bonds. The number of likely N-dealkylation sites (tertiary alicyclic amines) is 1. The van der Waals surface area contributed by atoms with E-state index in [0.29, 0.717) is 11.4 Å². The summed E-state index contributed by atoms with van der Waals surface area (Å²) >= 11 is 0. The zero-order valence-electron chi connectivity index (χ0n) is 13.6. The molecule has 0 aliphatic carbocycles. The van der Waals surface area contributed by atoms with Crippen molar-refractivity contribution in [3.63, 3.8) is 0 Å². The average molecular weight is 323 g/mol. The molecule has 6 heteroatoms. The van der Waals surface area contributed by atoms with Crippen LogP contribution in [0, 0.1) is 5.41 Å². The third-order valence-electron chi connectivity index (χ3n) is 5.12. The molecule has 2 saturated heterocycles. The lowest BCUT2D eigenvalue weighted by Crippen LogP contribution is -2.47. The van der Waals surface area contributed by atoms with Gasteiger partial charge in [-0.2, -0.15) is 0 Å². The van der Waals surface area contributed by atoms with Crippen LogP contribution < -0.4 is 5.32 Å². The molecule has 2 aliphatic heterocycles. The Bertz CT molecular complexity index is 710. The molecule has 4 rings (SSSR count). The second-order valence-electron chi connectivity index (χ2n) is 6.79. The maximum absolute atomic E-state index is 12.8. The molecule has 0 aromatic carbocycles. The van der Waals surface area contributed by atoms with Gasteiger partial charge in [0, 0.05) is 55.4 Å². The first-order chi connectivity index (χ1) is 11.8. The Hall–Kier alpha value is -2.34. The summed E-state index contributed by atoms with van der Waals surface area (Å²) in [5.41, 5.74) is 1.74. The van der Waals surface area contributed by atoms with Gasteiger partial charge in [-0.25, -0.2) is 9.97 Å². The first-order valence-corrected chi connectivity index (χ1v) is 8.48. The fourth-order valence-electron chi connectivity index (χ4n) is 3.80. The molecule has 1 N–H and O–H groups in total. The quantitative estimate of drug-likeness (QED) is 0.912. The van der Waals surface area contributed by atoms with Crippen molar-refractivity contribution < 1.29 is 4.79 Å². The number of nitrogens with one attached hydrogen (secondary N) is 1. The first kappa shape index (κ1) is 15.2. The van der Waals surface area contributed by atoms with Crippen molar-refractivity contribution in [3.05, 3.63) is 42.5 Å². The summed E-state index contributed by atoms with van der Waals surface area (Å²) in [6.07, 6.45) is 10.1. The van der Waals surface area contributed by atoms with Crippen LogP contribution in [0.25, 0.3) is 11.4 Å². The Morgan fingerprint density at radius 1 is 1.17 bits per heavy atom. The minimum atomic E-state index is 0.0438. The van der Waals surface area contributed by atoms with E-state index >= 15 is 0 Å². The topological polar surface area (TPSA) is 71.0 Å². The van der Waals surface area contributed by atoms with Crippen LogP contribution >= 0.6 is 0 Å². The van der Waals surface area contributed by atoms with Gasteiger partial charge in [0.05, 0.1) is 5.56 Å². The monoisotopic (exact) mass is 323 g/mol. The van der Waals surface area contributed by atoms with Crippen LogP contribution in [0.3, 0.4) is 0 Å². The zero-order chi connectivity index (χ0) is 16.4. The number of pyridine rings is 1. The molecular weight excluding hydrogens is 302 g/mol. The van der Waals surface area contributed by atoms with Gasteiger partial charge in [-0.15, -0.1) is 0 Å². The summed E-state index contributed by atoms with van der Waals surface area (Å²) in [7, 11) is 0. The summed E-state index contributed by atoms with van der Waals surface area (Å²) in [5.74, 6) is 0.659. The standard InChI is InChI=1S/C18H21N5O/c24-17(23-9-1-4-18(13-23)5-8-20-12-18)15-10-21-16(22-11-15)14-2-6-19-7-3-14/h2-3,6-7,10-11,20H,1,4-5,8-9,12-13H2. The largest absolute Gasteiger partial charge is 0.338 e. The van der Waals surface area contributed by atoms with Gasteiger partial charge in [-0.1, -0.05) is 0 Å². The lowest BCUT2D eigenvalue weighted by atomic mass is 9.79. The van der Waals surface area contributed by atoms with Crippen LogP contribution in [-0.4, -0.2) is 51.9 Å². The molecule has 0 saturated carbocycles. The summed E-state index contributed by atoms with van der Waals surface area (Å²) in [6.45, 7) is 3.75. The molecule has 0 radical (unpaired) electrons. The molecule has 24 heavy (non-hydrogen) atoms. The van der Waals surface area contributed by atoms with E-state index in [4.69, 9.17) is 0 Å². The van der Waals surface area contributed by atoms with Gasteiger partial charge >= 0.3 is 0 Å². The van der Waals surface area contributed by atoms with Crippen LogP contribution in [0.1, 0.15) is 29.6 Å². The Kier molecular flexibility index (Phi) is 3.98. The van der Waals surface area contributed by atoms with Crippen LogP contribution in [0.5, 0.6) is 0 Å².